The molecule has 1 aliphatic heterocycles. The Hall–Kier alpha value is -0.970. The third kappa shape index (κ3) is 3.53. The van der Waals surface area contributed by atoms with E-state index in [-0.39, 0.29) is 11.7 Å². The zero-order valence-electron chi connectivity index (χ0n) is 11.7. The highest BCUT2D eigenvalue weighted by molar-refractivity contribution is 7.09. The van der Waals surface area contributed by atoms with Crippen LogP contribution in [0.2, 0.25) is 0 Å². The van der Waals surface area contributed by atoms with Crippen LogP contribution in [0.1, 0.15) is 37.4 Å². The minimum atomic E-state index is -0.473. The molecule has 1 aromatic heterocycles. The van der Waals surface area contributed by atoms with Crippen LogP contribution in [-0.2, 0) is 4.74 Å². The Balaban J connectivity index is 1.92. The summed E-state index contributed by atoms with van der Waals surface area (Å²) in [5, 5.41) is 13.2. The van der Waals surface area contributed by atoms with Gasteiger partial charge in [-0.05, 0) is 38.8 Å². The van der Waals surface area contributed by atoms with E-state index in [0.29, 0.717) is 6.42 Å². The first kappa shape index (κ1) is 14.4. The first-order chi connectivity index (χ1) is 8.94. The zero-order chi connectivity index (χ0) is 14.0. The van der Waals surface area contributed by atoms with E-state index < -0.39 is 6.10 Å². The van der Waals surface area contributed by atoms with Crippen LogP contribution in [0.15, 0.2) is 23.6 Å². The van der Waals surface area contributed by atoms with Gasteiger partial charge in [0.05, 0.1) is 28.5 Å². The van der Waals surface area contributed by atoms with E-state index in [1.54, 1.807) is 11.3 Å². The van der Waals surface area contributed by atoms with E-state index in [0.717, 1.165) is 22.7 Å². The molecule has 0 bridgehead atoms. The Morgan fingerprint density at radius 2 is 2.47 bits per heavy atom. The molecule has 0 aliphatic carbocycles. The van der Waals surface area contributed by atoms with Gasteiger partial charge in [0.2, 0.25) is 0 Å². The number of rotatable bonds is 6. The normalized spacial score (nSPS) is 28.2. The first-order valence-corrected chi connectivity index (χ1v) is 7.39. The van der Waals surface area contributed by atoms with Crippen LogP contribution in [0.3, 0.4) is 0 Å². The van der Waals surface area contributed by atoms with Crippen LogP contribution in [0.25, 0.3) is 6.08 Å². The van der Waals surface area contributed by atoms with Gasteiger partial charge in [-0.3, -0.25) is 0 Å². The maximum absolute atomic E-state index is 10.2. The van der Waals surface area contributed by atoms with E-state index in [9.17, 15) is 5.11 Å². The van der Waals surface area contributed by atoms with E-state index in [1.807, 2.05) is 31.4 Å². The molecule has 0 spiro atoms. The van der Waals surface area contributed by atoms with Crippen LogP contribution < -0.4 is 0 Å². The number of hydrogen-bond donors (Lipinski definition) is 1. The fourth-order valence-corrected chi connectivity index (χ4v) is 2.79. The van der Waals surface area contributed by atoms with E-state index in [1.165, 1.54) is 0 Å². The van der Waals surface area contributed by atoms with Crippen LogP contribution >= 0.6 is 11.3 Å². The fourth-order valence-electron chi connectivity index (χ4n) is 2.22. The minimum absolute atomic E-state index is 0.125. The Labute approximate surface area is 118 Å². The molecule has 4 heteroatoms. The van der Waals surface area contributed by atoms with Gasteiger partial charge in [0.25, 0.3) is 0 Å². The molecule has 0 radical (unpaired) electrons. The van der Waals surface area contributed by atoms with Crippen molar-refractivity contribution in [3.63, 3.8) is 0 Å². The lowest BCUT2D eigenvalue weighted by molar-refractivity contribution is 0.185. The summed E-state index contributed by atoms with van der Waals surface area (Å²) in [5.41, 5.74) is 1.73. The number of aliphatic hydroxyl groups is 1. The first-order valence-electron chi connectivity index (χ1n) is 6.51. The van der Waals surface area contributed by atoms with Crippen LogP contribution in [0.5, 0.6) is 0 Å². The Morgan fingerprint density at radius 3 is 3.05 bits per heavy atom. The molecule has 3 atom stereocenters. The monoisotopic (exact) mass is 279 g/mol. The van der Waals surface area contributed by atoms with Gasteiger partial charge in [0, 0.05) is 11.8 Å². The molecular formula is C15H21NO2S. The molecular weight excluding hydrogens is 258 g/mol. The van der Waals surface area contributed by atoms with E-state index >= 15 is 0 Å². The standard InChI is InChI=1S/C15H21NO2S/c1-5-6-15(4)14(18-15)8-13(17)10(2)7-12-9-19-11(3)16-12/h5,7,9,13-14,17H,1,6,8H2,2-4H3/b10-7+/t13-,14-,15+/m0/s1. The predicted molar refractivity (Wildman–Crippen MR) is 79.2 cm³/mol. The lowest BCUT2D eigenvalue weighted by Crippen LogP contribution is -2.16. The van der Waals surface area contributed by atoms with Crippen molar-refractivity contribution in [1.29, 1.82) is 0 Å². The van der Waals surface area contributed by atoms with Gasteiger partial charge in [-0.15, -0.1) is 17.9 Å². The summed E-state index contributed by atoms with van der Waals surface area (Å²) in [6.07, 6.45) is 4.93. The molecule has 1 N–H and O–H groups in total. The molecule has 104 valence electrons. The van der Waals surface area contributed by atoms with Crippen molar-refractivity contribution >= 4 is 17.4 Å². The van der Waals surface area contributed by atoms with Crippen LogP contribution in [0.4, 0.5) is 0 Å². The van der Waals surface area contributed by atoms with Gasteiger partial charge in [0.15, 0.2) is 0 Å². The van der Waals surface area contributed by atoms with Crippen molar-refractivity contribution in [2.24, 2.45) is 0 Å². The number of epoxide rings is 1. The third-order valence-corrected chi connectivity index (χ3v) is 4.35. The second-order valence-corrected chi connectivity index (χ2v) is 6.41. The SMILES string of the molecule is C=CC[C@@]1(C)O[C@H]1C[C@H](O)/C(C)=C/c1csc(C)n1. The highest BCUT2D eigenvalue weighted by atomic mass is 32.1. The molecule has 1 saturated heterocycles. The summed E-state index contributed by atoms with van der Waals surface area (Å²) in [6, 6.07) is 0. The lowest BCUT2D eigenvalue weighted by atomic mass is 9.97. The summed E-state index contributed by atoms with van der Waals surface area (Å²) in [5.74, 6) is 0. The largest absolute Gasteiger partial charge is 0.389 e. The quantitative estimate of drug-likeness (QED) is 0.641. The maximum Gasteiger partial charge on any atom is 0.0955 e. The zero-order valence-corrected chi connectivity index (χ0v) is 12.5. The van der Waals surface area contributed by atoms with E-state index in [2.05, 4.69) is 18.5 Å². The second kappa shape index (κ2) is 5.57. The molecule has 2 heterocycles. The minimum Gasteiger partial charge on any atom is -0.389 e. The summed E-state index contributed by atoms with van der Waals surface area (Å²) in [7, 11) is 0. The molecule has 2 rings (SSSR count). The van der Waals surface area contributed by atoms with Crippen molar-refractivity contribution in [2.45, 2.75) is 51.4 Å². The topological polar surface area (TPSA) is 45.6 Å². The molecule has 1 aliphatic rings. The van der Waals surface area contributed by atoms with Crippen LogP contribution in [-0.4, -0.2) is 27.9 Å². The highest BCUT2D eigenvalue weighted by Crippen LogP contribution is 2.42. The molecule has 19 heavy (non-hydrogen) atoms. The molecule has 1 aromatic rings. The average Bonchev–Trinajstić information content (AvgIpc) is 2.77. The Kier molecular flexibility index (Phi) is 4.23. The number of nitrogens with zero attached hydrogens (tertiary/aromatic N) is 1. The third-order valence-electron chi connectivity index (χ3n) is 3.56. The lowest BCUT2D eigenvalue weighted by Gasteiger charge is -2.10. The number of thiazole rings is 1. The molecule has 0 amide bonds. The van der Waals surface area contributed by atoms with Gasteiger partial charge < -0.3 is 9.84 Å². The molecule has 0 aromatic carbocycles. The number of hydrogen-bond acceptors (Lipinski definition) is 4. The Morgan fingerprint density at radius 1 is 1.74 bits per heavy atom. The molecule has 1 fully saturated rings. The summed E-state index contributed by atoms with van der Waals surface area (Å²) >= 11 is 1.62. The molecule has 0 unspecified atom stereocenters. The fraction of sp³-hybridized carbons (Fsp3) is 0.533. The highest BCUT2D eigenvalue weighted by Gasteiger charge is 2.51. The van der Waals surface area contributed by atoms with Crippen molar-refractivity contribution in [2.75, 3.05) is 0 Å². The summed E-state index contributed by atoms with van der Waals surface area (Å²) in [6.45, 7) is 9.71. The smallest absolute Gasteiger partial charge is 0.0955 e. The number of aryl methyl sites for hydroxylation is 1. The number of aromatic nitrogens is 1. The van der Waals surface area contributed by atoms with Gasteiger partial charge >= 0.3 is 0 Å². The van der Waals surface area contributed by atoms with Gasteiger partial charge in [-0.1, -0.05) is 6.08 Å². The van der Waals surface area contributed by atoms with Crippen molar-refractivity contribution in [3.05, 3.63) is 34.3 Å². The predicted octanol–water partition coefficient (Wildman–Crippen LogP) is 3.34. The van der Waals surface area contributed by atoms with Crippen molar-refractivity contribution < 1.29 is 9.84 Å². The maximum atomic E-state index is 10.2. The number of ether oxygens (including phenoxy) is 1. The summed E-state index contributed by atoms with van der Waals surface area (Å²) < 4.78 is 5.65. The van der Waals surface area contributed by atoms with Gasteiger partial charge in [-0.2, -0.15) is 0 Å². The number of aliphatic hydroxyl groups excluding tert-OH is 1. The second-order valence-electron chi connectivity index (χ2n) is 5.34. The van der Waals surface area contributed by atoms with Gasteiger partial charge in [-0.25, -0.2) is 4.98 Å². The summed E-state index contributed by atoms with van der Waals surface area (Å²) in [4.78, 5) is 4.37. The van der Waals surface area contributed by atoms with Gasteiger partial charge in [0.1, 0.15) is 0 Å². The average molecular weight is 279 g/mol. The van der Waals surface area contributed by atoms with Crippen molar-refractivity contribution in [1.82, 2.24) is 4.98 Å². The molecule has 0 saturated carbocycles. The van der Waals surface area contributed by atoms with Crippen LogP contribution in [0, 0.1) is 6.92 Å². The Bertz CT molecular complexity index is 494. The molecule has 3 nitrogen and oxygen atoms in total. The van der Waals surface area contributed by atoms with Crippen molar-refractivity contribution in [3.8, 4) is 0 Å². The van der Waals surface area contributed by atoms with E-state index in [4.69, 9.17) is 4.74 Å².